The van der Waals surface area contributed by atoms with E-state index >= 15 is 0 Å². The van der Waals surface area contributed by atoms with E-state index in [2.05, 4.69) is 174 Å². The normalized spacial score (nSPS) is 12.1. The molecule has 6 heteroatoms. The molecule has 13 rings (SSSR count). The van der Waals surface area contributed by atoms with Crippen LogP contribution in [0.5, 0.6) is 0 Å². The minimum absolute atomic E-state index is 0.581. The molecule has 0 saturated carbocycles. The van der Waals surface area contributed by atoms with Gasteiger partial charge in [-0.15, -0.1) is 11.3 Å². The summed E-state index contributed by atoms with van der Waals surface area (Å²) < 4.78 is 11.6. The maximum atomic E-state index is 6.73. The number of thiophene rings is 1. The molecule has 0 aliphatic rings. The summed E-state index contributed by atoms with van der Waals surface area (Å²) in [4.78, 5) is 16.1. The highest BCUT2D eigenvalue weighted by molar-refractivity contribution is 7.25. The van der Waals surface area contributed by atoms with Gasteiger partial charge in [-0.25, -0.2) is 15.0 Å². The number of aromatic nitrogens is 4. The van der Waals surface area contributed by atoms with Crippen LogP contribution in [0.2, 0.25) is 0 Å². The van der Waals surface area contributed by atoms with Crippen LogP contribution >= 0.6 is 11.3 Å². The predicted octanol–water partition coefficient (Wildman–Crippen LogP) is 14.5. The minimum atomic E-state index is 0.581. The second-order valence-electron chi connectivity index (χ2n) is 15.2. The van der Waals surface area contributed by atoms with Crippen molar-refractivity contribution >= 4 is 96.8 Å². The van der Waals surface area contributed by atoms with E-state index in [0.29, 0.717) is 17.5 Å². The van der Waals surface area contributed by atoms with Crippen molar-refractivity contribution in [2.45, 2.75) is 0 Å². The van der Waals surface area contributed by atoms with Gasteiger partial charge in [-0.3, -0.25) is 0 Å². The Kier molecular flexibility index (Phi) is 6.82. The van der Waals surface area contributed by atoms with Crippen molar-refractivity contribution in [3.8, 4) is 39.9 Å². The lowest BCUT2D eigenvalue weighted by Crippen LogP contribution is -2.02. The zero-order valence-corrected chi connectivity index (χ0v) is 32.2. The molecule has 0 atom stereocenters. The van der Waals surface area contributed by atoms with E-state index < -0.39 is 0 Å². The van der Waals surface area contributed by atoms with Crippen LogP contribution in [0.15, 0.2) is 186 Å². The van der Waals surface area contributed by atoms with Crippen molar-refractivity contribution in [3.05, 3.63) is 182 Å². The van der Waals surface area contributed by atoms with E-state index in [4.69, 9.17) is 19.4 Å². The molecule has 0 aliphatic carbocycles. The van der Waals surface area contributed by atoms with Gasteiger partial charge in [-0.1, -0.05) is 121 Å². The third kappa shape index (κ3) is 4.94. The highest BCUT2D eigenvalue weighted by atomic mass is 32.1. The summed E-state index contributed by atoms with van der Waals surface area (Å²) in [6.45, 7) is 0. The summed E-state index contributed by atoms with van der Waals surface area (Å²) in [5, 5.41) is 11.4. The molecule has 0 N–H and O–H groups in total. The molecule has 0 unspecified atom stereocenters. The zero-order valence-electron chi connectivity index (χ0n) is 31.4. The van der Waals surface area contributed by atoms with Crippen LogP contribution in [0.3, 0.4) is 0 Å². The molecule has 5 nitrogen and oxygen atoms in total. The molecule has 4 aromatic heterocycles. The quantitative estimate of drug-likeness (QED) is 0.179. The topological polar surface area (TPSA) is 56.7 Å². The number of hydrogen-bond donors (Lipinski definition) is 0. The van der Waals surface area contributed by atoms with Crippen molar-refractivity contribution in [1.29, 1.82) is 0 Å². The molecule has 0 saturated heterocycles. The van der Waals surface area contributed by atoms with Gasteiger partial charge < -0.3 is 8.98 Å². The lowest BCUT2D eigenvalue weighted by atomic mass is 10.0. The summed E-state index contributed by atoms with van der Waals surface area (Å²) >= 11 is 1.81. The number of hydrogen-bond acceptors (Lipinski definition) is 5. The van der Waals surface area contributed by atoms with Crippen molar-refractivity contribution in [2.24, 2.45) is 0 Å². The summed E-state index contributed by atoms with van der Waals surface area (Å²) in [7, 11) is 0. The third-order valence-corrected chi connectivity index (χ3v) is 13.0. The number of para-hydroxylation sites is 2. The smallest absolute Gasteiger partial charge is 0.164 e. The molecule has 13 aromatic rings. The van der Waals surface area contributed by atoms with Crippen LogP contribution in [0, 0.1) is 0 Å². The van der Waals surface area contributed by atoms with E-state index in [-0.39, 0.29) is 0 Å². The Bertz CT molecular complexity index is 3870. The van der Waals surface area contributed by atoms with E-state index in [1.807, 2.05) is 12.1 Å². The highest BCUT2D eigenvalue weighted by Gasteiger charge is 2.22. The Morgan fingerprint density at radius 3 is 1.93 bits per heavy atom. The average molecular weight is 771 g/mol. The number of fused-ring (bicyclic) bond motifs is 11. The summed E-state index contributed by atoms with van der Waals surface area (Å²) in [6.07, 6.45) is 0. The summed E-state index contributed by atoms with van der Waals surface area (Å²) in [5.41, 5.74) is 7.55. The second-order valence-corrected chi connectivity index (χ2v) is 16.3. The molecule has 0 bridgehead atoms. The number of benzene rings is 9. The fourth-order valence-corrected chi connectivity index (χ4v) is 10.2. The third-order valence-electron chi connectivity index (χ3n) is 11.8. The average Bonchev–Trinajstić information content (AvgIpc) is 3.96. The number of nitrogens with zero attached hydrogens (tertiary/aromatic N) is 4. The Morgan fingerprint density at radius 1 is 0.390 bits per heavy atom. The van der Waals surface area contributed by atoms with Gasteiger partial charge >= 0.3 is 0 Å². The second kappa shape index (κ2) is 12.4. The first-order chi connectivity index (χ1) is 29.2. The molecule has 0 amide bonds. The van der Waals surface area contributed by atoms with Crippen LogP contribution in [0.4, 0.5) is 0 Å². The van der Waals surface area contributed by atoms with Gasteiger partial charge in [-0.05, 0) is 76.1 Å². The maximum Gasteiger partial charge on any atom is 0.164 e. The van der Waals surface area contributed by atoms with E-state index in [0.717, 1.165) is 66.1 Å². The molecule has 274 valence electrons. The van der Waals surface area contributed by atoms with Gasteiger partial charge in [0, 0.05) is 64.5 Å². The molecular formula is C53H30N4OS. The van der Waals surface area contributed by atoms with E-state index in [1.165, 1.54) is 41.7 Å². The van der Waals surface area contributed by atoms with Gasteiger partial charge in [-0.2, -0.15) is 0 Å². The van der Waals surface area contributed by atoms with Crippen molar-refractivity contribution in [3.63, 3.8) is 0 Å². The van der Waals surface area contributed by atoms with Gasteiger partial charge in [0.05, 0.1) is 16.7 Å². The summed E-state index contributed by atoms with van der Waals surface area (Å²) in [5.74, 6) is 1.81. The lowest BCUT2D eigenvalue weighted by molar-refractivity contribution is 0.668. The molecular weight excluding hydrogens is 741 g/mol. The fraction of sp³-hybridized carbons (Fsp3) is 0. The van der Waals surface area contributed by atoms with Gasteiger partial charge in [0.25, 0.3) is 0 Å². The molecule has 9 aromatic carbocycles. The summed E-state index contributed by atoms with van der Waals surface area (Å²) in [6, 6.07) is 64.4. The Morgan fingerprint density at radius 2 is 1.05 bits per heavy atom. The molecule has 0 radical (unpaired) electrons. The van der Waals surface area contributed by atoms with Crippen LogP contribution in [-0.4, -0.2) is 19.5 Å². The Hall–Kier alpha value is -7.67. The first-order valence-corrected chi connectivity index (χ1v) is 20.6. The highest BCUT2D eigenvalue weighted by Crippen LogP contribution is 2.42. The number of rotatable bonds is 4. The van der Waals surface area contributed by atoms with E-state index in [1.54, 1.807) is 11.3 Å². The Labute approximate surface area is 341 Å². The van der Waals surface area contributed by atoms with Gasteiger partial charge in [0.1, 0.15) is 11.2 Å². The minimum Gasteiger partial charge on any atom is -0.456 e. The standard InChI is InChI=1S/C53H30N4OS/c1-2-14-33-28-45-41(26-32(33)13-1)37-17-5-8-21-44(37)57(45)35-29-43(50-40-19-6-9-22-46(40)58-47(50)30-35)53-55-51(34-24-25-49-42(27-34)38-18-7-10-23-48(38)59-49)54-52(56-53)39-20-11-15-31-12-3-4-16-36(31)39/h1-30H. The van der Waals surface area contributed by atoms with Crippen LogP contribution in [0.25, 0.3) is 125 Å². The predicted molar refractivity (Wildman–Crippen MR) is 246 cm³/mol. The first kappa shape index (κ1) is 32.4. The monoisotopic (exact) mass is 770 g/mol. The number of furan rings is 1. The van der Waals surface area contributed by atoms with Gasteiger partial charge in [0.15, 0.2) is 17.5 Å². The Balaban J connectivity index is 1.13. The first-order valence-electron chi connectivity index (χ1n) is 19.8. The molecule has 0 fully saturated rings. The molecule has 0 spiro atoms. The van der Waals surface area contributed by atoms with E-state index in [9.17, 15) is 0 Å². The zero-order chi connectivity index (χ0) is 38.6. The molecule has 0 aliphatic heterocycles. The van der Waals surface area contributed by atoms with Crippen LogP contribution in [0.1, 0.15) is 0 Å². The van der Waals surface area contributed by atoms with Crippen molar-refractivity contribution in [1.82, 2.24) is 19.5 Å². The van der Waals surface area contributed by atoms with Crippen LogP contribution in [-0.2, 0) is 0 Å². The van der Waals surface area contributed by atoms with Crippen molar-refractivity contribution < 1.29 is 4.42 Å². The molecule has 4 heterocycles. The molecule has 59 heavy (non-hydrogen) atoms. The largest absolute Gasteiger partial charge is 0.456 e. The van der Waals surface area contributed by atoms with Gasteiger partial charge in [0.2, 0.25) is 0 Å². The van der Waals surface area contributed by atoms with Crippen molar-refractivity contribution in [2.75, 3.05) is 0 Å². The van der Waals surface area contributed by atoms with Crippen LogP contribution < -0.4 is 0 Å². The maximum absolute atomic E-state index is 6.73. The fourth-order valence-electron chi connectivity index (χ4n) is 9.11. The SMILES string of the molecule is c1ccc2cc3c(cc2c1)c1ccccc1n3-c1cc(-c2nc(-c3ccc4sc5ccccc5c4c3)nc(-c3cccc4ccccc34)n2)c2c(c1)oc1ccccc12. The lowest BCUT2D eigenvalue weighted by Gasteiger charge is -2.14.